The number of amides is 2. The Kier molecular flexibility index (Phi) is 5.60. The molecule has 0 fully saturated rings. The number of hydrogen-bond donors (Lipinski definition) is 1. The molecule has 2 aromatic rings. The third-order valence-corrected chi connectivity index (χ3v) is 6.49. The van der Waals surface area contributed by atoms with Gasteiger partial charge in [-0.3, -0.25) is 9.59 Å². The van der Waals surface area contributed by atoms with E-state index >= 15 is 0 Å². The van der Waals surface area contributed by atoms with E-state index in [9.17, 15) is 18.0 Å². The van der Waals surface area contributed by atoms with E-state index < -0.39 is 15.9 Å². The maximum absolute atomic E-state index is 12.4. The largest absolute Gasteiger partial charge is 0.356 e. The van der Waals surface area contributed by atoms with Gasteiger partial charge in [-0.2, -0.15) is 0 Å². The first kappa shape index (κ1) is 19.1. The summed E-state index contributed by atoms with van der Waals surface area (Å²) in [5.74, 6) is -0.492. The van der Waals surface area contributed by atoms with E-state index in [0.29, 0.717) is 6.54 Å². The van der Waals surface area contributed by atoms with Crippen LogP contribution in [0.2, 0.25) is 0 Å². The maximum atomic E-state index is 12.4. The quantitative estimate of drug-likeness (QED) is 0.793. The molecule has 0 aliphatic carbocycles. The second-order valence-corrected chi connectivity index (χ2v) is 8.43. The lowest BCUT2D eigenvalue weighted by Gasteiger charge is -2.15. The normalized spacial score (nSPS) is 16.0. The number of nitrogens with one attached hydrogen (secondary N) is 1. The highest BCUT2D eigenvalue weighted by Gasteiger charge is 2.40. The number of fused-ring (bicyclic) bond motifs is 1. The Morgan fingerprint density at radius 3 is 2.44 bits per heavy atom. The highest BCUT2D eigenvalue weighted by molar-refractivity contribution is 7.90. The van der Waals surface area contributed by atoms with Gasteiger partial charge in [0.05, 0.1) is 5.56 Å². The average molecular weight is 386 g/mol. The summed E-state index contributed by atoms with van der Waals surface area (Å²) in [6.07, 6.45) is 0.446. The fourth-order valence-corrected chi connectivity index (χ4v) is 4.70. The molecule has 6 nitrogen and oxygen atoms in total. The Bertz CT molecular complexity index is 941. The first-order chi connectivity index (χ1) is 12.9. The summed E-state index contributed by atoms with van der Waals surface area (Å²) >= 11 is 0. The highest BCUT2D eigenvalue weighted by atomic mass is 32.2. The molecule has 2 aromatic carbocycles. The molecular weight excluding hydrogens is 364 g/mol. The number of carbonyl (C=O) groups is 2. The number of sulfonamides is 1. The molecule has 0 saturated heterocycles. The predicted molar refractivity (Wildman–Crippen MR) is 102 cm³/mol. The van der Waals surface area contributed by atoms with Crippen molar-refractivity contribution in [2.45, 2.75) is 30.6 Å². The smallest absolute Gasteiger partial charge is 0.269 e. The van der Waals surface area contributed by atoms with Crippen LogP contribution in [0.3, 0.4) is 0 Å². The minimum atomic E-state index is -3.80. The fourth-order valence-electron chi connectivity index (χ4n) is 3.09. The van der Waals surface area contributed by atoms with Crippen LogP contribution in [0.25, 0.3) is 0 Å². The minimum absolute atomic E-state index is 0.00247. The fraction of sp³-hybridized carbons (Fsp3) is 0.300. The molecule has 0 bridgehead atoms. The van der Waals surface area contributed by atoms with Crippen LogP contribution in [-0.4, -0.2) is 37.6 Å². The molecule has 0 unspecified atom stereocenters. The average Bonchev–Trinajstić information content (AvgIpc) is 2.87. The molecule has 1 N–H and O–H groups in total. The number of rotatable bonds is 7. The molecule has 142 valence electrons. The third-order valence-electron chi connectivity index (χ3n) is 4.65. The predicted octanol–water partition coefficient (Wildman–Crippen LogP) is 2.53. The van der Waals surface area contributed by atoms with Gasteiger partial charge in [-0.05, 0) is 30.0 Å². The summed E-state index contributed by atoms with van der Waals surface area (Å²) in [6, 6.07) is 16.1. The summed E-state index contributed by atoms with van der Waals surface area (Å²) < 4.78 is 25.8. The van der Waals surface area contributed by atoms with Crippen LogP contribution in [0.1, 0.15) is 41.6 Å². The molecule has 1 aliphatic heterocycles. The van der Waals surface area contributed by atoms with Crippen LogP contribution < -0.4 is 5.32 Å². The summed E-state index contributed by atoms with van der Waals surface area (Å²) in [4.78, 5) is 24.4. The van der Waals surface area contributed by atoms with Crippen LogP contribution in [0, 0.1) is 0 Å². The van der Waals surface area contributed by atoms with Crippen LogP contribution >= 0.6 is 0 Å². The molecule has 1 aliphatic rings. The van der Waals surface area contributed by atoms with Crippen molar-refractivity contribution < 1.29 is 18.0 Å². The second-order valence-electron chi connectivity index (χ2n) is 6.60. The van der Waals surface area contributed by atoms with Gasteiger partial charge in [-0.15, -0.1) is 0 Å². The van der Waals surface area contributed by atoms with Gasteiger partial charge >= 0.3 is 0 Å². The lowest BCUT2D eigenvalue weighted by Crippen LogP contribution is -2.32. The van der Waals surface area contributed by atoms with Gasteiger partial charge in [0, 0.05) is 19.5 Å². The summed E-state index contributed by atoms with van der Waals surface area (Å²) in [6.45, 7) is 2.54. The van der Waals surface area contributed by atoms with E-state index in [2.05, 4.69) is 5.32 Å². The Balaban J connectivity index is 1.49. The van der Waals surface area contributed by atoms with Gasteiger partial charge in [0.2, 0.25) is 5.91 Å². The van der Waals surface area contributed by atoms with E-state index in [1.807, 2.05) is 37.3 Å². The zero-order valence-electron chi connectivity index (χ0n) is 15.1. The molecule has 7 heteroatoms. The maximum Gasteiger partial charge on any atom is 0.269 e. The molecule has 0 radical (unpaired) electrons. The summed E-state index contributed by atoms with van der Waals surface area (Å²) in [5, 5.41) is 2.86. The lowest BCUT2D eigenvalue weighted by atomic mass is 10.0. The van der Waals surface area contributed by atoms with Crippen molar-refractivity contribution in [1.29, 1.82) is 0 Å². The standard InChI is InChI=1S/C20H22N2O4S/c1-15(16-8-3-2-4-9-16)14-21-19(23)12-7-13-22-20(24)17-10-5-6-11-18(17)27(22,25)26/h2-6,8-11,15H,7,12-14H2,1H3,(H,21,23)/t15-/m0/s1. The first-order valence-corrected chi connectivity index (χ1v) is 10.3. The van der Waals surface area contributed by atoms with Crippen molar-refractivity contribution in [3.05, 3.63) is 65.7 Å². The molecule has 0 saturated carbocycles. The zero-order valence-corrected chi connectivity index (χ0v) is 15.9. The van der Waals surface area contributed by atoms with Crippen molar-refractivity contribution >= 4 is 21.8 Å². The van der Waals surface area contributed by atoms with Gasteiger partial charge in [0.25, 0.3) is 15.9 Å². The second kappa shape index (κ2) is 7.92. The first-order valence-electron chi connectivity index (χ1n) is 8.89. The Labute approximate surface area is 159 Å². The number of benzene rings is 2. The van der Waals surface area contributed by atoms with Crippen LogP contribution in [0.5, 0.6) is 0 Å². The molecule has 27 heavy (non-hydrogen) atoms. The number of nitrogens with zero attached hydrogens (tertiary/aromatic N) is 1. The molecule has 1 atom stereocenters. The van der Waals surface area contributed by atoms with E-state index in [0.717, 1.165) is 9.87 Å². The highest BCUT2D eigenvalue weighted by Crippen LogP contribution is 2.29. The molecular formula is C20H22N2O4S. The molecule has 0 aromatic heterocycles. The molecule has 0 spiro atoms. The topological polar surface area (TPSA) is 83.6 Å². The van der Waals surface area contributed by atoms with Crippen molar-refractivity contribution in [3.8, 4) is 0 Å². The van der Waals surface area contributed by atoms with E-state index in [4.69, 9.17) is 0 Å². The molecule has 3 rings (SSSR count). The van der Waals surface area contributed by atoms with Crippen molar-refractivity contribution in [3.63, 3.8) is 0 Å². The number of carbonyl (C=O) groups excluding carboxylic acids is 2. The lowest BCUT2D eigenvalue weighted by molar-refractivity contribution is -0.121. The Morgan fingerprint density at radius 2 is 1.74 bits per heavy atom. The Hall–Kier alpha value is -2.67. The Morgan fingerprint density at radius 1 is 1.07 bits per heavy atom. The van der Waals surface area contributed by atoms with Crippen molar-refractivity contribution in [1.82, 2.24) is 9.62 Å². The van der Waals surface area contributed by atoms with Gasteiger partial charge in [0.15, 0.2) is 0 Å². The minimum Gasteiger partial charge on any atom is -0.356 e. The summed E-state index contributed by atoms with van der Waals surface area (Å²) in [7, 11) is -3.80. The SMILES string of the molecule is C[C@@H](CNC(=O)CCCN1C(=O)c2ccccc2S1(=O)=O)c1ccccc1. The monoisotopic (exact) mass is 386 g/mol. The van der Waals surface area contributed by atoms with Crippen molar-refractivity contribution in [2.24, 2.45) is 0 Å². The van der Waals surface area contributed by atoms with Gasteiger partial charge in [0.1, 0.15) is 4.90 Å². The van der Waals surface area contributed by atoms with Crippen LogP contribution in [0.15, 0.2) is 59.5 Å². The molecule has 2 amide bonds. The summed E-state index contributed by atoms with van der Waals surface area (Å²) in [5.41, 5.74) is 1.34. The third kappa shape index (κ3) is 4.03. The van der Waals surface area contributed by atoms with Crippen LogP contribution in [0.4, 0.5) is 0 Å². The van der Waals surface area contributed by atoms with E-state index in [1.54, 1.807) is 12.1 Å². The zero-order chi connectivity index (χ0) is 19.4. The van der Waals surface area contributed by atoms with Gasteiger partial charge < -0.3 is 5.32 Å². The van der Waals surface area contributed by atoms with Crippen LogP contribution in [-0.2, 0) is 14.8 Å². The molecule has 1 heterocycles. The van der Waals surface area contributed by atoms with E-state index in [1.165, 1.54) is 12.1 Å². The van der Waals surface area contributed by atoms with Crippen molar-refractivity contribution in [2.75, 3.05) is 13.1 Å². The van der Waals surface area contributed by atoms with Gasteiger partial charge in [-0.1, -0.05) is 49.4 Å². The van der Waals surface area contributed by atoms with E-state index in [-0.39, 0.29) is 41.7 Å². The van der Waals surface area contributed by atoms with Gasteiger partial charge in [-0.25, -0.2) is 12.7 Å². The number of hydrogen-bond acceptors (Lipinski definition) is 4.